The first-order valence-corrected chi connectivity index (χ1v) is 11.1. The van der Waals surface area contributed by atoms with E-state index in [1.54, 1.807) is 6.07 Å². The van der Waals surface area contributed by atoms with Crippen molar-refractivity contribution in [3.8, 4) is 5.75 Å². The molecule has 15 heteroatoms. The van der Waals surface area contributed by atoms with Gasteiger partial charge in [-0.25, -0.2) is 0 Å². The first-order valence-electron chi connectivity index (χ1n) is 10.7. The molecule has 0 spiro atoms. The van der Waals surface area contributed by atoms with Crippen molar-refractivity contribution in [3.63, 3.8) is 0 Å². The summed E-state index contributed by atoms with van der Waals surface area (Å²) in [6, 6.07) is 8.36. The number of aliphatic carboxylic acids is 4. The molecule has 0 heterocycles. The average Bonchev–Trinajstić information content (AvgIpc) is 2.79. The zero-order chi connectivity index (χ0) is 28.4. The fourth-order valence-electron chi connectivity index (χ4n) is 3.62. The summed E-state index contributed by atoms with van der Waals surface area (Å²) < 4.78 is 0. The zero-order valence-electron chi connectivity index (χ0n) is 20.0. The van der Waals surface area contributed by atoms with Crippen molar-refractivity contribution in [2.24, 2.45) is 4.99 Å². The minimum atomic E-state index is -1.62. The van der Waals surface area contributed by atoms with Gasteiger partial charge < -0.3 is 39.9 Å². The summed E-state index contributed by atoms with van der Waals surface area (Å²) in [6.07, 6.45) is 0. The number of phenolic OH excluding ortho intramolecular Hbond substituents is 1. The molecule has 0 aliphatic carbocycles. The second-order valence-corrected chi connectivity index (χ2v) is 8.21. The second kappa shape index (κ2) is 16.0. The van der Waals surface area contributed by atoms with Gasteiger partial charge in [0.25, 0.3) is 0 Å². The number of ketones is 1. The van der Waals surface area contributed by atoms with Crippen LogP contribution in [-0.4, -0.2) is 81.0 Å². The van der Waals surface area contributed by atoms with Crippen LogP contribution in [0.25, 0.3) is 0 Å². The largest absolute Gasteiger partial charge is 3.00 e. The molecule has 0 saturated heterocycles. The molecule has 0 aliphatic rings. The summed E-state index contributed by atoms with van der Waals surface area (Å²) in [5, 5.41) is 55.5. The number of aromatic hydroxyl groups is 1. The Morgan fingerprint density at radius 2 is 1.31 bits per heavy atom. The molecular weight excluding hydrogens is 681 g/mol. The summed E-state index contributed by atoms with van der Waals surface area (Å²) >= 11 is 4.57. The van der Waals surface area contributed by atoms with E-state index in [9.17, 15) is 44.4 Å². The fraction of sp³-hybridized carbons (Fsp3) is 0.250. The van der Waals surface area contributed by atoms with Crippen molar-refractivity contribution in [1.29, 1.82) is 0 Å². The Bertz CT molecular complexity index is 1220. The predicted octanol–water partition coefficient (Wildman–Crippen LogP) is -2.70. The Balaban J connectivity index is 0.00000760. The normalized spacial score (nSPS) is 10.4. The van der Waals surface area contributed by atoms with E-state index in [-0.39, 0.29) is 60.9 Å². The molecule has 2 aromatic rings. The van der Waals surface area contributed by atoms with Gasteiger partial charge >= 0.3 is 44.6 Å². The number of rotatable bonds is 15. The first-order chi connectivity index (χ1) is 17.9. The fourth-order valence-corrected chi connectivity index (χ4v) is 3.73. The topological polar surface area (TPSA) is 214 Å². The average molecular weight is 701 g/mol. The van der Waals surface area contributed by atoms with Gasteiger partial charge in [0.15, 0.2) is 5.78 Å². The summed E-state index contributed by atoms with van der Waals surface area (Å²) in [7, 11) is 0. The van der Waals surface area contributed by atoms with Gasteiger partial charge in [-0.3, -0.25) is 19.4 Å². The minimum Gasteiger partial charge on any atom is -0.549 e. The molecule has 39 heavy (non-hydrogen) atoms. The maximum absolute atomic E-state index is 13.3. The van der Waals surface area contributed by atoms with Crippen molar-refractivity contribution < 1.29 is 88.1 Å². The molecule has 2 aromatic carbocycles. The Morgan fingerprint density at radius 1 is 0.821 bits per heavy atom. The number of hydrogen-bond donors (Lipinski definition) is 2. The van der Waals surface area contributed by atoms with E-state index >= 15 is 0 Å². The molecule has 0 saturated carbocycles. The van der Waals surface area contributed by atoms with Gasteiger partial charge in [0.05, 0.1) is 35.3 Å². The number of carboxylic acids is 4. The Morgan fingerprint density at radius 3 is 1.74 bits per heavy atom. The molecule has 13 nitrogen and oxygen atoms in total. The number of benzene rings is 2. The number of phenols is 1. The van der Waals surface area contributed by atoms with Crippen LogP contribution in [0.4, 0.5) is 5.69 Å². The molecule has 0 unspecified atom stereocenters. The van der Waals surface area contributed by atoms with Crippen molar-refractivity contribution in [1.82, 2.24) is 9.80 Å². The van der Waals surface area contributed by atoms with Gasteiger partial charge in [-0.1, -0.05) is 12.1 Å². The molecule has 0 aromatic heterocycles. The molecule has 206 valence electrons. The summed E-state index contributed by atoms with van der Waals surface area (Å²) in [5.74, 6) is -7.32. The van der Waals surface area contributed by atoms with Gasteiger partial charge in [0.1, 0.15) is 5.75 Å². The van der Waals surface area contributed by atoms with Crippen LogP contribution in [0.15, 0.2) is 41.4 Å². The summed E-state index contributed by atoms with van der Waals surface area (Å²) in [5.41, 5.74) is 0.230. The van der Waals surface area contributed by atoms with Crippen LogP contribution in [0.1, 0.15) is 27.0 Å². The van der Waals surface area contributed by atoms with Crippen LogP contribution < -0.4 is 15.3 Å². The van der Waals surface area contributed by atoms with Crippen LogP contribution in [-0.2, 0) is 32.3 Å². The molecule has 0 amide bonds. The third-order valence-corrected chi connectivity index (χ3v) is 5.11. The maximum Gasteiger partial charge on any atom is 3.00 e. The van der Waals surface area contributed by atoms with Crippen molar-refractivity contribution >= 4 is 52.7 Å². The van der Waals surface area contributed by atoms with Gasteiger partial charge in [-0.05, 0) is 36.5 Å². The van der Waals surface area contributed by atoms with E-state index in [2.05, 4.69) is 22.4 Å². The molecule has 0 radical (unpaired) electrons. The summed E-state index contributed by atoms with van der Waals surface area (Å²) in [6.45, 7) is -4.23. The quantitative estimate of drug-likeness (QED) is 0.110. The number of carboxylic acid groups (broad SMARTS) is 4. The van der Waals surface area contributed by atoms with Crippen LogP contribution >= 0.6 is 12.2 Å². The number of isothiocyanates is 1. The third kappa shape index (κ3) is 11.2. The minimum absolute atomic E-state index is 0. The van der Waals surface area contributed by atoms with Crippen LogP contribution in [0.3, 0.4) is 0 Å². The van der Waals surface area contributed by atoms with Crippen LogP contribution in [0.2, 0.25) is 0 Å². The number of carbonyl (C=O) groups is 5. The van der Waals surface area contributed by atoms with Gasteiger partial charge in [-0.2, -0.15) is 4.99 Å². The van der Waals surface area contributed by atoms with E-state index in [1.165, 1.54) is 30.3 Å². The molecule has 0 bridgehead atoms. The van der Waals surface area contributed by atoms with Crippen molar-refractivity contribution in [2.75, 3.05) is 26.2 Å². The standard InChI is InChI=1S/C24H23N3O10S.Tb/c28-19(29)9-26(10-20(30)31)7-16-4-15(23(36)14-2-1-3-18(6-14)25-13-38)5-17(24(16)37)8-27(11-21(32)33)12-22(34)35;/h1-6,37H,7-12H2,(H,28,29)(H,30,31)(H,32,33)(H,34,35);/q;+3/p-3. The van der Waals surface area contributed by atoms with Gasteiger partial charge in [0, 0.05) is 55.0 Å². The van der Waals surface area contributed by atoms with Crippen molar-refractivity contribution in [3.05, 3.63) is 58.7 Å². The SMILES string of the molecule is O=C([O-])CN(CC(=O)[O-])Cc1cc(C(=O)c2cccc(N=C=S)c2)cc(CN(CC(=O)[O-])CC(=O)O)c1O.[Tb+3]. The monoisotopic (exact) mass is 701 g/mol. The molecule has 2 N–H and O–H groups in total. The van der Waals surface area contributed by atoms with Crippen molar-refractivity contribution in [2.45, 2.75) is 13.1 Å². The third-order valence-electron chi connectivity index (χ3n) is 5.02. The van der Waals surface area contributed by atoms with Gasteiger partial charge in [-0.15, -0.1) is 0 Å². The number of hydrogen-bond acceptors (Lipinski definition) is 13. The molecule has 0 fully saturated rings. The first kappa shape index (κ1) is 33.8. The Kier molecular flexibility index (Phi) is 13.9. The van der Waals surface area contributed by atoms with E-state index in [1.807, 2.05) is 0 Å². The van der Waals surface area contributed by atoms with Crippen LogP contribution in [0.5, 0.6) is 5.75 Å². The molecule has 0 atom stereocenters. The second-order valence-electron chi connectivity index (χ2n) is 8.03. The molecule has 2 rings (SSSR count). The molecular formula is C24H20N3O10STb. The Hall–Kier alpha value is -3.20. The smallest absolute Gasteiger partial charge is 0.549 e. The number of carbonyl (C=O) groups excluding carboxylic acids is 4. The van der Waals surface area contributed by atoms with Gasteiger partial charge in [0.2, 0.25) is 0 Å². The zero-order valence-corrected chi connectivity index (χ0v) is 22.9. The van der Waals surface area contributed by atoms with E-state index in [0.717, 1.165) is 9.80 Å². The number of thiocarbonyl (C=S) groups is 1. The maximum atomic E-state index is 13.3. The number of aliphatic imine (C=N–C) groups is 1. The Labute approximate surface area is 257 Å². The van der Waals surface area contributed by atoms with E-state index < -0.39 is 74.7 Å². The number of nitrogens with zero attached hydrogens (tertiary/aromatic N) is 3. The summed E-state index contributed by atoms with van der Waals surface area (Å²) in [4.78, 5) is 63.4. The predicted molar refractivity (Wildman–Crippen MR) is 126 cm³/mol. The van der Waals surface area contributed by atoms with Crippen LogP contribution in [0, 0.1) is 38.6 Å². The van der Waals surface area contributed by atoms with E-state index in [0.29, 0.717) is 5.69 Å². The molecule has 0 aliphatic heterocycles. The van der Waals surface area contributed by atoms with E-state index in [4.69, 9.17) is 5.11 Å².